The summed E-state index contributed by atoms with van der Waals surface area (Å²) in [6, 6.07) is 16.6. The van der Waals surface area contributed by atoms with Gasteiger partial charge in [0.05, 0.1) is 23.3 Å². The van der Waals surface area contributed by atoms with Crippen LogP contribution in [0.3, 0.4) is 0 Å². The highest BCUT2D eigenvalue weighted by molar-refractivity contribution is 7.99. The number of hydrogen-bond acceptors (Lipinski definition) is 7. The molecule has 41 heavy (non-hydrogen) atoms. The number of non-ortho nitro benzene ring substituents is 1. The number of carbonyl (C=O) groups excluding carboxylic acids is 1. The molecular weight excluding hydrogens is 555 g/mol. The Morgan fingerprint density at radius 3 is 2.68 bits per heavy atom. The van der Waals surface area contributed by atoms with E-state index in [4.69, 9.17) is 9.41 Å². The van der Waals surface area contributed by atoms with E-state index in [1.165, 1.54) is 22.7 Å². The zero-order valence-electron chi connectivity index (χ0n) is 23.6. The van der Waals surface area contributed by atoms with Crippen molar-refractivity contribution in [3.8, 4) is 0 Å². The number of nitrogens with zero attached hydrogens (tertiary/aromatic N) is 2. The van der Waals surface area contributed by atoms with Crippen LogP contribution in [0.1, 0.15) is 64.9 Å². The normalized spacial score (nSPS) is 15.2. The number of nitrogens with one attached hydrogen (secondary N) is 1. The van der Waals surface area contributed by atoms with E-state index in [2.05, 4.69) is 26.1 Å². The molecule has 9 heteroatoms. The molecule has 0 fully saturated rings. The Bertz CT molecular complexity index is 1580. The summed E-state index contributed by atoms with van der Waals surface area (Å²) in [4.78, 5) is 32.6. The van der Waals surface area contributed by atoms with E-state index >= 15 is 0 Å². The van der Waals surface area contributed by atoms with Crippen molar-refractivity contribution in [2.45, 2.75) is 63.3 Å². The maximum absolute atomic E-state index is 13.5. The fourth-order valence-electron chi connectivity index (χ4n) is 5.01. The van der Waals surface area contributed by atoms with Gasteiger partial charge in [-0.05, 0) is 73.4 Å². The molecule has 0 radical (unpaired) electrons. The fourth-order valence-corrected chi connectivity index (χ4v) is 7.17. The minimum atomic E-state index is -0.401. The molecule has 212 valence electrons. The summed E-state index contributed by atoms with van der Waals surface area (Å²) in [7, 11) is 0. The maximum Gasteiger partial charge on any atom is 0.270 e. The largest absolute Gasteiger partial charge is 0.467 e. The Labute approximate surface area is 248 Å². The van der Waals surface area contributed by atoms with Crippen molar-refractivity contribution < 1.29 is 14.1 Å². The number of thiophene rings is 1. The molecule has 1 N–H and O–H groups in total. The van der Waals surface area contributed by atoms with Crippen LogP contribution in [0, 0.1) is 28.4 Å². The smallest absolute Gasteiger partial charge is 0.270 e. The van der Waals surface area contributed by atoms with Gasteiger partial charge >= 0.3 is 0 Å². The van der Waals surface area contributed by atoms with E-state index in [1.807, 2.05) is 37.3 Å². The summed E-state index contributed by atoms with van der Waals surface area (Å²) in [6.07, 6.45) is 5.98. The SMILES string of the molecule is Cc1ccc(Sc2ccc([N+](=O)[O-])cc2C=Nc2sc3c(c2C(=O)NCc2ccco2)CC[C@@H](C(C)(C)C)C3)cc1. The highest BCUT2D eigenvalue weighted by Gasteiger charge is 2.33. The number of aliphatic imine (C=N–C) groups is 1. The number of carbonyl (C=O) groups is 1. The predicted molar refractivity (Wildman–Crippen MR) is 165 cm³/mol. The molecule has 2 aromatic heterocycles. The maximum atomic E-state index is 13.5. The van der Waals surface area contributed by atoms with Crippen LogP contribution in [0.2, 0.25) is 0 Å². The molecule has 0 unspecified atom stereocenters. The van der Waals surface area contributed by atoms with Crippen molar-refractivity contribution in [3.05, 3.63) is 104 Å². The topological polar surface area (TPSA) is 97.7 Å². The fraction of sp³-hybridized carbons (Fsp3) is 0.312. The van der Waals surface area contributed by atoms with Crippen molar-refractivity contribution in [1.29, 1.82) is 0 Å². The van der Waals surface area contributed by atoms with Crippen molar-refractivity contribution in [2.75, 3.05) is 0 Å². The molecule has 0 aliphatic heterocycles. The summed E-state index contributed by atoms with van der Waals surface area (Å²) < 4.78 is 5.40. The number of fused-ring (bicyclic) bond motifs is 1. The Kier molecular flexibility index (Phi) is 8.47. The first-order chi connectivity index (χ1) is 19.6. The van der Waals surface area contributed by atoms with Gasteiger partial charge in [0.15, 0.2) is 0 Å². The van der Waals surface area contributed by atoms with Gasteiger partial charge in [0.1, 0.15) is 10.8 Å². The second kappa shape index (κ2) is 12.0. The third-order valence-electron chi connectivity index (χ3n) is 7.48. The summed E-state index contributed by atoms with van der Waals surface area (Å²) in [5.74, 6) is 1.00. The van der Waals surface area contributed by atoms with Crippen LogP contribution < -0.4 is 5.32 Å². The van der Waals surface area contributed by atoms with Crippen LogP contribution in [-0.4, -0.2) is 17.0 Å². The zero-order chi connectivity index (χ0) is 29.1. The molecule has 1 atom stereocenters. The Balaban J connectivity index is 1.51. The highest BCUT2D eigenvalue weighted by atomic mass is 32.2. The summed E-state index contributed by atoms with van der Waals surface area (Å²) >= 11 is 3.08. The monoisotopic (exact) mass is 587 g/mol. The molecule has 0 saturated carbocycles. The van der Waals surface area contributed by atoms with Gasteiger partial charge in [-0.15, -0.1) is 11.3 Å². The summed E-state index contributed by atoms with van der Waals surface area (Å²) in [5, 5.41) is 15.2. The number of nitro groups is 1. The Morgan fingerprint density at radius 2 is 2.00 bits per heavy atom. The quantitative estimate of drug-likeness (QED) is 0.127. The summed E-state index contributed by atoms with van der Waals surface area (Å²) in [5.41, 5.74) is 3.61. The van der Waals surface area contributed by atoms with Gasteiger partial charge in [0.25, 0.3) is 11.6 Å². The first-order valence-corrected chi connectivity index (χ1v) is 15.2. The third kappa shape index (κ3) is 6.80. The van der Waals surface area contributed by atoms with Gasteiger partial charge in [-0.3, -0.25) is 14.9 Å². The highest BCUT2D eigenvalue weighted by Crippen LogP contribution is 2.45. The van der Waals surface area contributed by atoms with E-state index < -0.39 is 4.92 Å². The minimum Gasteiger partial charge on any atom is -0.467 e. The van der Waals surface area contributed by atoms with E-state index in [1.54, 1.807) is 42.0 Å². The zero-order valence-corrected chi connectivity index (χ0v) is 25.2. The van der Waals surface area contributed by atoms with Gasteiger partial charge in [-0.2, -0.15) is 0 Å². The minimum absolute atomic E-state index is 0.00499. The third-order valence-corrected chi connectivity index (χ3v) is 9.74. The lowest BCUT2D eigenvalue weighted by atomic mass is 9.72. The van der Waals surface area contributed by atoms with Gasteiger partial charge in [0, 0.05) is 38.6 Å². The Hall–Kier alpha value is -3.69. The molecular formula is C32H33N3O4S2. The Morgan fingerprint density at radius 1 is 1.22 bits per heavy atom. The molecule has 1 amide bonds. The van der Waals surface area contributed by atoms with Crippen molar-refractivity contribution in [3.63, 3.8) is 0 Å². The molecule has 5 rings (SSSR count). The molecule has 2 heterocycles. The van der Waals surface area contributed by atoms with E-state index in [9.17, 15) is 14.9 Å². The van der Waals surface area contributed by atoms with Crippen LogP contribution in [0.15, 0.2) is 80.1 Å². The molecule has 0 saturated heterocycles. The van der Waals surface area contributed by atoms with E-state index in [-0.39, 0.29) is 23.6 Å². The van der Waals surface area contributed by atoms with Crippen LogP contribution in [0.5, 0.6) is 0 Å². The van der Waals surface area contributed by atoms with Crippen molar-refractivity contribution in [1.82, 2.24) is 5.32 Å². The van der Waals surface area contributed by atoms with Crippen molar-refractivity contribution >= 4 is 45.9 Å². The average molecular weight is 588 g/mol. The number of hydrogen-bond donors (Lipinski definition) is 1. The number of rotatable bonds is 8. The molecule has 2 aromatic carbocycles. The molecule has 0 spiro atoms. The van der Waals surface area contributed by atoms with Crippen molar-refractivity contribution in [2.24, 2.45) is 16.3 Å². The molecule has 7 nitrogen and oxygen atoms in total. The first-order valence-electron chi connectivity index (χ1n) is 13.6. The van der Waals surface area contributed by atoms with Crippen LogP contribution in [-0.2, 0) is 19.4 Å². The second-order valence-corrected chi connectivity index (χ2v) is 13.6. The van der Waals surface area contributed by atoms with Crippen LogP contribution in [0.25, 0.3) is 0 Å². The second-order valence-electron chi connectivity index (χ2n) is 11.4. The van der Waals surface area contributed by atoms with E-state index in [0.29, 0.717) is 27.8 Å². The molecule has 1 aliphatic rings. The van der Waals surface area contributed by atoms with Gasteiger partial charge in [-0.1, -0.05) is 50.2 Å². The molecule has 1 aliphatic carbocycles. The van der Waals surface area contributed by atoms with Gasteiger partial charge < -0.3 is 9.73 Å². The number of amides is 1. The van der Waals surface area contributed by atoms with Crippen LogP contribution >= 0.6 is 23.1 Å². The van der Waals surface area contributed by atoms with Crippen LogP contribution in [0.4, 0.5) is 10.7 Å². The standard InChI is InChI=1S/C32H33N3O4S2/c1-20-7-11-25(12-8-20)40-27-14-10-23(35(37)38)16-21(27)18-34-31-29(30(36)33-19-24-6-5-15-39-24)26-13-9-22(32(2,3)4)17-28(26)41-31/h5-8,10-12,14-16,18,22H,9,13,17,19H2,1-4H3,(H,33,36)/t22-/m1/s1. The lowest BCUT2D eigenvalue weighted by Crippen LogP contribution is -2.28. The predicted octanol–water partition coefficient (Wildman–Crippen LogP) is 8.54. The molecule has 4 aromatic rings. The number of aryl methyl sites for hydroxylation is 1. The molecule has 0 bridgehead atoms. The van der Waals surface area contributed by atoms with Gasteiger partial charge in [-0.25, -0.2) is 4.99 Å². The number of benzene rings is 2. The lowest BCUT2D eigenvalue weighted by molar-refractivity contribution is -0.384. The summed E-state index contributed by atoms with van der Waals surface area (Å²) in [6.45, 7) is 9.11. The van der Waals surface area contributed by atoms with E-state index in [0.717, 1.165) is 40.2 Å². The lowest BCUT2D eigenvalue weighted by Gasteiger charge is -2.33. The number of furan rings is 1. The first kappa shape index (κ1) is 28.8. The average Bonchev–Trinajstić information content (AvgIpc) is 3.59. The van der Waals surface area contributed by atoms with Gasteiger partial charge in [0.2, 0.25) is 0 Å². The number of nitro benzene ring substituents is 1.